The number of esters is 1. The quantitative estimate of drug-likeness (QED) is 0.294. The lowest BCUT2D eigenvalue weighted by molar-refractivity contribution is -0.384. The fourth-order valence-electron chi connectivity index (χ4n) is 4.07. The van der Waals surface area contributed by atoms with Crippen LogP contribution in [0.3, 0.4) is 0 Å². The molecule has 1 heterocycles. The SMILES string of the molecule is O=C(OC1CN(C(=O)O)CCC1c1ccc(OCc2ccccc2)cc1)c1ccc([N+](=O)[O-])cc1. The fourth-order valence-corrected chi connectivity index (χ4v) is 4.07. The number of amides is 1. The average molecular weight is 476 g/mol. The molecule has 1 fully saturated rings. The minimum Gasteiger partial charge on any atom is -0.489 e. The fraction of sp³-hybridized carbons (Fsp3) is 0.231. The van der Waals surface area contributed by atoms with Crippen molar-refractivity contribution in [3.63, 3.8) is 0 Å². The van der Waals surface area contributed by atoms with Gasteiger partial charge in [-0.2, -0.15) is 0 Å². The highest BCUT2D eigenvalue weighted by Gasteiger charge is 2.35. The summed E-state index contributed by atoms with van der Waals surface area (Å²) in [6, 6.07) is 22.4. The molecule has 0 spiro atoms. The van der Waals surface area contributed by atoms with Crippen LogP contribution < -0.4 is 4.74 Å². The van der Waals surface area contributed by atoms with Gasteiger partial charge in [0.1, 0.15) is 18.5 Å². The summed E-state index contributed by atoms with van der Waals surface area (Å²) in [5.41, 5.74) is 1.98. The highest BCUT2D eigenvalue weighted by atomic mass is 16.6. The van der Waals surface area contributed by atoms with E-state index in [0.717, 1.165) is 11.1 Å². The first kappa shape index (κ1) is 23.7. The summed E-state index contributed by atoms with van der Waals surface area (Å²) >= 11 is 0. The van der Waals surface area contributed by atoms with Crippen molar-refractivity contribution in [2.75, 3.05) is 13.1 Å². The summed E-state index contributed by atoms with van der Waals surface area (Å²) in [7, 11) is 0. The Morgan fingerprint density at radius 1 is 1.00 bits per heavy atom. The van der Waals surface area contributed by atoms with Crippen molar-refractivity contribution in [3.05, 3.63) is 106 Å². The largest absolute Gasteiger partial charge is 0.489 e. The zero-order valence-corrected chi connectivity index (χ0v) is 18.8. The third-order valence-electron chi connectivity index (χ3n) is 5.96. The van der Waals surface area contributed by atoms with Gasteiger partial charge in [-0.25, -0.2) is 9.59 Å². The highest BCUT2D eigenvalue weighted by molar-refractivity contribution is 5.89. The number of likely N-dealkylation sites (tertiary alicyclic amines) is 1. The lowest BCUT2D eigenvalue weighted by atomic mass is 9.87. The molecule has 1 saturated heterocycles. The van der Waals surface area contributed by atoms with Crippen molar-refractivity contribution in [2.45, 2.75) is 25.0 Å². The molecule has 9 nitrogen and oxygen atoms in total. The number of nitro groups is 1. The van der Waals surface area contributed by atoms with E-state index in [-0.39, 0.29) is 23.7 Å². The molecule has 1 aliphatic rings. The molecular formula is C26H24N2O7. The van der Waals surface area contributed by atoms with Crippen LogP contribution in [0.1, 0.15) is 33.8 Å². The Morgan fingerprint density at radius 3 is 2.31 bits per heavy atom. The predicted octanol–water partition coefficient (Wildman–Crippen LogP) is 4.87. The van der Waals surface area contributed by atoms with Gasteiger partial charge in [0.15, 0.2) is 0 Å². The molecule has 0 aromatic heterocycles. The van der Waals surface area contributed by atoms with E-state index in [0.29, 0.717) is 25.3 Å². The minimum atomic E-state index is -1.08. The number of benzene rings is 3. The topological polar surface area (TPSA) is 119 Å². The summed E-state index contributed by atoms with van der Waals surface area (Å²) in [6.07, 6.45) is -1.31. The molecule has 0 aliphatic carbocycles. The zero-order valence-electron chi connectivity index (χ0n) is 18.8. The summed E-state index contributed by atoms with van der Waals surface area (Å²) in [6.45, 7) is 0.787. The summed E-state index contributed by atoms with van der Waals surface area (Å²) < 4.78 is 11.6. The van der Waals surface area contributed by atoms with Gasteiger partial charge in [-0.3, -0.25) is 10.1 Å². The number of rotatable bonds is 7. The van der Waals surface area contributed by atoms with E-state index in [2.05, 4.69) is 0 Å². The number of nitrogens with zero attached hydrogens (tertiary/aromatic N) is 2. The summed E-state index contributed by atoms with van der Waals surface area (Å²) in [5.74, 6) is -0.180. The number of carbonyl (C=O) groups is 2. The maximum Gasteiger partial charge on any atom is 0.407 e. The molecule has 0 bridgehead atoms. The van der Waals surface area contributed by atoms with Crippen LogP contribution in [0.5, 0.6) is 5.75 Å². The van der Waals surface area contributed by atoms with Crippen LogP contribution in [-0.2, 0) is 11.3 Å². The first-order valence-electron chi connectivity index (χ1n) is 11.1. The monoisotopic (exact) mass is 476 g/mol. The van der Waals surface area contributed by atoms with Gasteiger partial charge in [-0.05, 0) is 41.8 Å². The van der Waals surface area contributed by atoms with Gasteiger partial charge in [-0.15, -0.1) is 0 Å². The molecule has 180 valence electrons. The summed E-state index contributed by atoms with van der Waals surface area (Å²) in [4.78, 5) is 35.8. The number of nitro benzene ring substituents is 1. The third-order valence-corrected chi connectivity index (χ3v) is 5.96. The van der Waals surface area contributed by atoms with Gasteiger partial charge in [-0.1, -0.05) is 42.5 Å². The molecule has 1 amide bonds. The third kappa shape index (κ3) is 5.94. The molecule has 4 rings (SSSR count). The molecule has 3 aromatic rings. The molecule has 0 radical (unpaired) electrons. The smallest absolute Gasteiger partial charge is 0.407 e. The van der Waals surface area contributed by atoms with Crippen molar-refractivity contribution < 1.29 is 29.1 Å². The van der Waals surface area contributed by atoms with Crippen LogP contribution in [0, 0.1) is 10.1 Å². The van der Waals surface area contributed by atoms with Crippen molar-refractivity contribution in [1.29, 1.82) is 0 Å². The maximum atomic E-state index is 12.7. The van der Waals surface area contributed by atoms with Crippen molar-refractivity contribution in [1.82, 2.24) is 4.90 Å². The van der Waals surface area contributed by atoms with E-state index in [1.807, 2.05) is 54.6 Å². The van der Waals surface area contributed by atoms with E-state index >= 15 is 0 Å². The van der Waals surface area contributed by atoms with Gasteiger partial charge in [0.05, 0.1) is 17.0 Å². The molecule has 9 heteroatoms. The second-order valence-corrected chi connectivity index (χ2v) is 8.21. The Labute approximate surface area is 201 Å². The molecular weight excluding hydrogens is 452 g/mol. The normalized spacial score (nSPS) is 17.4. The molecule has 3 aromatic carbocycles. The Bertz CT molecular complexity index is 1180. The van der Waals surface area contributed by atoms with Gasteiger partial charge in [0.25, 0.3) is 5.69 Å². The van der Waals surface area contributed by atoms with Crippen molar-refractivity contribution in [3.8, 4) is 5.75 Å². The second kappa shape index (κ2) is 10.7. The van der Waals surface area contributed by atoms with Crippen LogP contribution in [0.2, 0.25) is 0 Å². The number of non-ortho nitro benzene ring substituents is 1. The van der Waals surface area contributed by atoms with Crippen LogP contribution in [0.4, 0.5) is 10.5 Å². The lowest BCUT2D eigenvalue weighted by Gasteiger charge is -2.37. The van der Waals surface area contributed by atoms with E-state index in [9.17, 15) is 24.8 Å². The minimum absolute atomic E-state index is 0.0327. The Hall–Kier alpha value is -4.40. The molecule has 1 aliphatic heterocycles. The van der Waals surface area contributed by atoms with Gasteiger partial charge in [0, 0.05) is 24.6 Å². The molecule has 35 heavy (non-hydrogen) atoms. The highest BCUT2D eigenvalue weighted by Crippen LogP contribution is 2.32. The number of carboxylic acid groups (broad SMARTS) is 1. The van der Waals surface area contributed by atoms with Gasteiger partial charge >= 0.3 is 12.1 Å². The molecule has 2 atom stereocenters. The average Bonchev–Trinajstić information content (AvgIpc) is 2.88. The van der Waals surface area contributed by atoms with Crippen LogP contribution in [-0.4, -0.2) is 46.2 Å². The number of piperidine rings is 1. The van der Waals surface area contributed by atoms with Crippen molar-refractivity contribution in [2.24, 2.45) is 0 Å². The number of hydrogen-bond donors (Lipinski definition) is 1. The first-order chi connectivity index (χ1) is 16.9. The van der Waals surface area contributed by atoms with Crippen LogP contribution in [0.25, 0.3) is 0 Å². The standard InChI is InChI=1S/C26H24N2O7/c29-25(20-6-10-21(11-7-20)28(32)33)35-24-16-27(26(30)31)15-14-23(24)19-8-12-22(13-9-19)34-17-18-4-2-1-3-5-18/h1-13,23-24H,14-17H2,(H,30,31). The van der Waals surface area contributed by atoms with Gasteiger partial charge in [0.2, 0.25) is 0 Å². The Morgan fingerprint density at radius 2 is 1.69 bits per heavy atom. The zero-order chi connectivity index (χ0) is 24.8. The molecule has 2 unspecified atom stereocenters. The molecule has 1 N–H and O–H groups in total. The number of ether oxygens (including phenoxy) is 2. The Balaban J connectivity index is 1.47. The van der Waals surface area contributed by atoms with E-state index in [4.69, 9.17) is 9.47 Å². The predicted molar refractivity (Wildman–Crippen MR) is 126 cm³/mol. The maximum absolute atomic E-state index is 12.7. The number of carbonyl (C=O) groups excluding carboxylic acids is 1. The van der Waals surface area contributed by atoms with Crippen LogP contribution in [0.15, 0.2) is 78.9 Å². The Kier molecular flexibility index (Phi) is 7.25. The lowest BCUT2D eigenvalue weighted by Crippen LogP contribution is -2.47. The number of hydrogen-bond acceptors (Lipinski definition) is 6. The van der Waals surface area contributed by atoms with Gasteiger partial charge < -0.3 is 19.5 Å². The van der Waals surface area contributed by atoms with E-state index in [1.165, 1.54) is 29.2 Å². The summed E-state index contributed by atoms with van der Waals surface area (Å²) in [5, 5.41) is 20.3. The van der Waals surface area contributed by atoms with E-state index in [1.54, 1.807) is 0 Å². The van der Waals surface area contributed by atoms with E-state index < -0.39 is 23.1 Å². The van der Waals surface area contributed by atoms with Crippen molar-refractivity contribution >= 4 is 17.7 Å². The van der Waals surface area contributed by atoms with Crippen LogP contribution >= 0.6 is 0 Å². The molecule has 0 saturated carbocycles. The first-order valence-corrected chi connectivity index (χ1v) is 11.1. The second-order valence-electron chi connectivity index (χ2n) is 8.21.